The van der Waals surface area contributed by atoms with E-state index < -0.39 is 28.5 Å². The number of aryl methyl sites for hydroxylation is 2. The van der Waals surface area contributed by atoms with E-state index in [-0.39, 0.29) is 23.4 Å². The van der Waals surface area contributed by atoms with Crippen LogP contribution >= 0.6 is 11.6 Å². The zero-order valence-electron chi connectivity index (χ0n) is 23.8. The van der Waals surface area contributed by atoms with Crippen LogP contribution in [0.4, 0.5) is 5.69 Å². The molecular formula is C32H38ClN3O4S. The summed E-state index contributed by atoms with van der Waals surface area (Å²) in [6.07, 6.45) is 5.14. The number of halogens is 1. The Labute approximate surface area is 248 Å². The van der Waals surface area contributed by atoms with E-state index in [1.165, 1.54) is 17.0 Å². The molecule has 3 aromatic rings. The van der Waals surface area contributed by atoms with Gasteiger partial charge in [-0.3, -0.25) is 13.9 Å². The molecule has 1 N–H and O–H groups in total. The zero-order chi connectivity index (χ0) is 29.6. The molecule has 41 heavy (non-hydrogen) atoms. The van der Waals surface area contributed by atoms with Crippen LogP contribution in [0.5, 0.6) is 0 Å². The maximum Gasteiger partial charge on any atom is 0.264 e. The van der Waals surface area contributed by atoms with E-state index in [9.17, 15) is 18.0 Å². The molecule has 1 saturated carbocycles. The molecule has 0 heterocycles. The minimum atomic E-state index is -4.13. The third kappa shape index (κ3) is 7.49. The van der Waals surface area contributed by atoms with Gasteiger partial charge in [-0.15, -0.1) is 0 Å². The number of benzene rings is 3. The third-order valence-electron chi connectivity index (χ3n) is 7.76. The van der Waals surface area contributed by atoms with Gasteiger partial charge in [-0.2, -0.15) is 0 Å². The van der Waals surface area contributed by atoms with Gasteiger partial charge in [0.1, 0.15) is 12.6 Å². The molecule has 0 saturated heterocycles. The summed E-state index contributed by atoms with van der Waals surface area (Å²) in [5, 5.41) is 3.59. The molecule has 0 unspecified atom stereocenters. The predicted molar refractivity (Wildman–Crippen MR) is 163 cm³/mol. The summed E-state index contributed by atoms with van der Waals surface area (Å²) in [4.78, 5) is 29.1. The van der Waals surface area contributed by atoms with E-state index in [2.05, 4.69) is 5.32 Å². The Bertz CT molecular complexity index is 1470. The molecule has 0 radical (unpaired) electrons. The first-order valence-electron chi connectivity index (χ1n) is 14.1. The Morgan fingerprint density at radius 2 is 1.59 bits per heavy atom. The summed E-state index contributed by atoms with van der Waals surface area (Å²) in [5.74, 6) is -0.715. The summed E-state index contributed by atoms with van der Waals surface area (Å²) in [5.41, 5.74) is 2.82. The average Bonchev–Trinajstić information content (AvgIpc) is 2.96. The second kappa shape index (κ2) is 13.5. The van der Waals surface area contributed by atoms with Crippen LogP contribution in [0, 0.1) is 13.8 Å². The number of nitrogens with zero attached hydrogens (tertiary/aromatic N) is 2. The van der Waals surface area contributed by atoms with Crippen molar-refractivity contribution in [3.63, 3.8) is 0 Å². The fourth-order valence-electron chi connectivity index (χ4n) is 5.25. The molecular weight excluding hydrogens is 558 g/mol. The van der Waals surface area contributed by atoms with Crippen molar-refractivity contribution in [2.24, 2.45) is 0 Å². The Kier molecular flexibility index (Phi) is 10.1. The van der Waals surface area contributed by atoms with Gasteiger partial charge in [0.2, 0.25) is 11.8 Å². The lowest BCUT2D eigenvalue weighted by Gasteiger charge is -2.34. The van der Waals surface area contributed by atoms with Gasteiger partial charge in [0, 0.05) is 17.6 Å². The molecule has 1 fully saturated rings. The number of rotatable bonds is 10. The SMILES string of the molecule is Cc1ccccc1CN(C(=O)CN(c1ccc(Cl)cc1C)S(=O)(=O)c1ccccc1)[C@H](C)C(=O)NC1CCCCC1. The first-order valence-corrected chi connectivity index (χ1v) is 15.9. The second-order valence-corrected chi connectivity index (χ2v) is 13.0. The minimum Gasteiger partial charge on any atom is -0.352 e. The summed E-state index contributed by atoms with van der Waals surface area (Å²) < 4.78 is 29.0. The average molecular weight is 596 g/mol. The summed E-state index contributed by atoms with van der Waals surface area (Å²) in [6.45, 7) is 5.10. The van der Waals surface area contributed by atoms with E-state index in [0.29, 0.717) is 16.3 Å². The van der Waals surface area contributed by atoms with Crippen molar-refractivity contribution in [2.45, 2.75) is 76.4 Å². The Morgan fingerprint density at radius 1 is 0.927 bits per heavy atom. The van der Waals surface area contributed by atoms with Crippen LogP contribution in [0.1, 0.15) is 55.7 Å². The van der Waals surface area contributed by atoms with Gasteiger partial charge in [-0.25, -0.2) is 8.42 Å². The quantitative estimate of drug-likeness (QED) is 0.311. The number of hydrogen-bond donors (Lipinski definition) is 1. The van der Waals surface area contributed by atoms with E-state index in [4.69, 9.17) is 11.6 Å². The van der Waals surface area contributed by atoms with Crippen LogP contribution < -0.4 is 9.62 Å². The molecule has 1 atom stereocenters. The molecule has 0 aliphatic heterocycles. The molecule has 4 rings (SSSR count). The fraction of sp³-hybridized carbons (Fsp3) is 0.375. The Hall–Kier alpha value is -3.36. The van der Waals surface area contributed by atoms with E-state index in [0.717, 1.165) is 47.5 Å². The number of hydrogen-bond acceptors (Lipinski definition) is 4. The molecule has 9 heteroatoms. The normalized spacial score (nSPS) is 14.7. The predicted octanol–water partition coefficient (Wildman–Crippen LogP) is 6.02. The summed E-state index contributed by atoms with van der Waals surface area (Å²) in [7, 11) is -4.13. The molecule has 1 aliphatic rings. The largest absolute Gasteiger partial charge is 0.352 e. The van der Waals surface area contributed by atoms with Crippen molar-refractivity contribution in [1.82, 2.24) is 10.2 Å². The van der Waals surface area contributed by atoms with E-state index >= 15 is 0 Å². The molecule has 0 bridgehead atoms. The van der Waals surface area contributed by atoms with Crippen molar-refractivity contribution < 1.29 is 18.0 Å². The number of sulfonamides is 1. The Morgan fingerprint density at radius 3 is 2.24 bits per heavy atom. The fourth-order valence-corrected chi connectivity index (χ4v) is 6.98. The first kappa shape index (κ1) is 30.6. The van der Waals surface area contributed by atoms with Crippen molar-refractivity contribution in [2.75, 3.05) is 10.8 Å². The van der Waals surface area contributed by atoms with Crippen molar-refractivity contribution >= 4 is 39.1 Å². The summed E-state index contributed by atoms with van der Waals surface area (Å²) >= 11 is 6.18. The molecule has 0 spiro atoms. The topological polar surface area (TPSA) is 86.8 Å². The van der Waals surface area contributed by atoms with Gasteiger partial charge >= 0.3 is 0 Å². The number of nitrogens with one attached hydrogen (secondary N) is 1. The molecule has 2 amide bonds. The van der Waals surface area contributed by atoms with Gasteiger partial charge in [-0.05, 0) is 80.6 Å². The van der Waals surface area contributed by atoms with Crippen LogP contribution in [-0.2, 0) is 26.2 Å². The van der Waals surface area contributed by atoms with Crippen LogP contribution in [0.15, 0.2) is 77.7 Å². The highest BCUT2D eigenvalue weighted by atomic mass is 35.5. The van der Waals surface area contributed by atoms with E-state index in [1.54, 1.807) is 50.2 Å². The van der Waals surface area contributed by atoms with Crippen molar-refractivity contribution in [1.29, 1.82) is 0 Å². The van der Waals surface area contributed by atoms with Gasteiger partial charge in [0.15, 0.2) is 0 Å². The number of carbonyl (C=O) groups excluding carboxylic acids is 2. The monoisotopic (exact) mass is 595 g/mol. The number of anilines is 1. The van der Waals surface area contributed by atoms with Crippen molar-refractivity contribution in [3.8, 4) is 0 Å². The number of carbonyl (C=O) groups is 2. The standard InChI is InChI=1S/C32H38ClN3O4S/c1-23-12-10-11-13-26(23)21-35(25(3)32(38)34-28-14-6-4-7-15-28)31(37)22-36(30-19-18-27(33)20-24(30)2)41(39,40)29-16-8-5-9-17-29/h5,8-13,16-20,25,28H,4,6-7,14-15,21-22H2,1-3H3,(H,34,38)/t25-/m1/s1. The van der Waals surface area contributed by atoms with Gasteiger partial charge in [0.05, 0.1) is 10.6 Å². The Balaban J connectivity index is 1.70. The van der Waals surface area contributed by atoms with Crippen molar-refractivity contribution in [3.05, 3.63) is 94.5 Å². The number of amides is 2. The lowest BCUT2D eigenvalue weighted by Crippen LogP contribution is -2.53. The maximum absolute atomic E-state index is 14.2. The lowest BCUT2D eigenvalue weighted by molar-refractivity contribution is -0.139. The maximum atomic E-state index is 14.2. The second-order valence-electron chi connectivity index (χ2n) is 10.7. The molecule has 218 valence electrons. The van der Waals surface area contributed by atoms with Crippen LogP contribution in [0.3, 0.4) is 0 Å². The van der Waals surface area contributed by atoms with E-state index in [1.807, 2.05) is 31.2 Å². The highest BCUT2D eigenvalue weighted by Crippen LogP contribution is 2.29. The molecule has 0 aromatic heterocycles. The molecule has 1 aliphatic carbocycles. The third-order valence-corrected chi connectivity index (χ3v) is 9.77. The summed E-state index contributed by atoms with van der Waals surface area (Å²) in [6, 6.07) is 19.9. The molecule has 3 aromatic carbocycles. The first-order chi connectivity index (χ1) is 19.6. The highest BCUT2D eigenvalue weighted by Gasteiger charge is 2.34. The van der Waals surface area contributed by atoms with Gasteiger partial charge in [0.25, 0.3) is 10.0 Å². The van der Waals surface area contributed by atoms with Crippen LogP contribution in [0.25, 0.3) is 0 Å². The minimum absolute atomic E-state index is 0.0655. The van der Waals surface area contributed by atoms with Crippen LogP contribution in [0.2, 0.25) is 5.02 Å². The zero-order valence-corrected chi connectivity index (χ0v) is 25.4. The highest BCUT2D eigenvalue weighted by molar-refractivity contribution is 7.92. The van der Waals surface area contributed by atoms with Crippen LogP contribution in [-0.4, -0.2) is 43.8 Å². The lowest BCUT2D eigenvalue weighted by atomic mass is 9.95. The molecule has 7 nitrogen and oxygen atoms in total. The van der Waals surface area contributed by atoms with Gasteiger partial charge in [-0.1, -0.05) is 73.3 Å². The smallest absolute Gasteiger partial charge is 0.264 e. The van der Waals surface area contributed by atoms with Gasteiger partial charge < -0.3 is 10.2 Å².